The van der Waals surface area contributed by atoms with E-state index >= 15 is 0 Å². The van der Waals surface area contributed by atoms with Crippen molar-refractivity contribution in [2.45, 2.75) is 25.7 Å². The Hall–Kier alpha value is -1.71. The number of unbranched alkanes of at least 4 members (excludes halogenated alkanes) is 3. The van der Waals surface area contributed by atoms with Gasteiger partial charge in [0.1, 0.15) is 6.29 Å². The zero-order valence-corrected chi connectivity index (χ0v) is 10.1. The monoisotopic (exact) mass is 254 g/mol. The molecule has 0 bridgehead atoms. The van der Waals surface area contributed by atoms with Crippen molar-refractivity contribution in [3.05, 3.63) is 42.0 Å². The molecule has 0 saturated carbocycles. The maximum absolute atomic E-state index is 13.4. The van der Waals surface area contributed by atoms with Gasteiger partial charge in [0.05, 0.1) is 6.61 Å². The quantitative estimate of drug-likeness (QED) is 0.399. The van der Waals surface area contributed by atoms with Gasteiger partial charge in [-0.3, -0.25) is 4.79 Å². The van der Waals surface area contributed by atoms with Crippen LogP contribution in [0.3, 0.4) is 0 Å². The third-order valence-electron chi connectivity index (χ3n) is 2.46. The van der Waals surface area contributed by atoms with Crippen molar-refractivity contribution in [1.82, 2.24) is 0 Å². The number of rotatable bonds is 8. The Balaban J connectivity index is 2.47. The SMILES string of the molecule is C=CCCCCCOc1c(F)cc(C=O)cc1F. The van der Waals surface area contributed by atoms with Crippen LogP contribution in [0.25, 0.3) is 0 Å². The van der Waals surface area contributed by atoms with Crippen LogP contribution in [-0.2, 0) is 0 Å². The predicted molar refractivity (Wildman–Crippen MR) is 65.9 cm³/mol. The molecule has 0 radical (unpaired) electrons. The number of allylic oxidation sites excluding steroid dienone is 1. The fraction of sp³-hybridized carbons (Fsp3) is 0.357. The normalized spacial score (nSPS) is 10.1. The van der Waals surface area contributed by atoms with Gasteiger partial charge in [-0.05, 0) is 37.8 Å². The van der Waals surface area contributed by atoms with Gasteiger partial charge in [0.2, 0.25) is 0 Å². The highest BCUT2D eigenvalue weighted by molar-refractivity contribution is 5.75. The molecule has 0 aromatic heterocycles. The summed E-state index contributed by atoms with van der Waals surface area (Å²) in [6, 6.07) is 1.92. The minimum atomic E-state index is -0.844. The van der Waals surface area contributed by atoms with E-state index in [1.165, 1.54) is 0 Å². The van der Waals surface area contributed by atoms with E-state index in [0.717, 1.165) is 37.8 Å². The summed E-state index contributed by atoms with van der Waals surface area (Å²) in [5.74, 6) is -2.10. The van der Waals surface area contributed by atoms with Crippen LogP contribution >= 0.6 is 0 Å². The average molecular weight is 254 g/mol. The van der Waals surface area contributed by atoms with Crippen molar-refractivity contribution in [2.24, 2.45) is 0 Å². The second kappa shape index (κ2) is 7.58. The van der Waals surface area contributed by atoms with E-state index in [9.17, 15) is 13.6 Å². The molecule has 0 aliphatic rings. The van der Waals surface area contributed by atoms with Crippen molar-refractivity contribution in [2.75, 3.05) is 6.61 Å². The van der Waals surface area contributed by atoms with E-state index in [1.807, 2.05) is 6.08 Å². The van der Waals surface area contributed by atoms with Crippen molar-refractivity contribution < 1.29 is 18.3 Å². The van der Waals surface area contributed by atoms with Crippen molar-refractivity contribution in [3.8, 4) is 5.75 Å². The van der Waals surface area contributed by atoms with Crippen LogP contribution in [0.15, 0.2) is 24.8 Å². The van der Waals surface area contributed by atoms with E-state index < -0.39 is 17.4 Å². The molecule has 0 N–H and O–H groups in total. The first kappa shape index (κ1) is 14.4. The minimum absolute atomic E-state index is 0.0386. The lowest BCUT2D eigenvalue weighted by atomic mass is 10.2. The number of halogens is 2. The molecule has 0 aliphatic carbocycles. The summed E-state index contributed by atoms with van der Waals surface area (Å²) < 4.78 is 31.8. The Bertz CT molecular complexity index is 393. The highest BCUT2D eigenvalue weighted by atomic mass is 19.1. The lowest BCUT2D eigenvalue weighted by molar-refractivity contribution is 0.112. The first-order valence-electron chi connectivity index (χ1n) is 5.87. The Kier molecular flexibility index (Phi) is 6.05. The maximum Gasteiger partial charge on any atom is 0.190 e. The van der Waals surface area contributed by atoms with Gasteiger partial charge in [-0.2, -0.15) is 0 Å². The van der Waals surface area contributed by atoms with Crippen LogP contribution in [-0.4, -0.2) is 12.9 Å². The Morgan fingerprint density at radius 2 is 1.83 bits per heavy atom. The molecule has 0 aliphatic heterocycles. The topological polar surface area (TPSA) is 26.3 Å². The largest absolute Gasteiger partial charge is 0.488 e. The lowest BCUT2D eigenvalue weighted by Crippen LogP contribution is -2.02. The third kappa shape index (κ3) is 4.28. The van der Waals surface area contributed by atoms with Gasteiger partial charge < -0.3 is 4.74 Å². The van der Waals surface area contributed by atoms with Crippen molar-refractivity contribution in [1.29, 1.82) is 0 Å². The van der Waals surface area contributed by atoms with Crippen LogP contribution in [0.2, 0.25) is 0 Å². The zero-order valence-electron chi connectivity index (χ0n) is 10.1. The van der Waals surface area contributed by atoms with Crippen LogP contribution in [0.4, 0.5) is 8.78 Å². The summed E-state index contributed by atoms with van der Waals surface area (Å²) in [5.41, 5.74) is -0.0386. The smallest absolute Gasteiger partial charge is 0.190 e. The summed E-state index contributed by atoms with van der Waals surface area (Å²) in [6.45, 7) is 3.86. The second-order valence-corrected chi connectivity index (χ2v) is 3.92. The molecule has 0 heterocycles. The Morgan fingerprint density at radius 3 is 2.39 bits per heavy atom. The molecule has 0 amide bonds. The highest BCUT2D eigenvalue weighted by Gasteiger charge is 2.12. The van der Waals surface area contributed by atoms with E-state index in [4.69, 9.17) is 4.74 Å². The fourth-order valence-corrected chi connectivity index (χ4v) is 1.53. The summed E-state index contributed by atoms with van der Waals surface area (Å²) in [6.07, 6.45) is 5.78. The highest BCUT2D eigenvalue weighted by Crippen LogP contribution is 2.23. The fourth-order valence-electron chi connectivity index (χ4n) is 1.53. The number of benzene rings is 1. The number of carbonyl (C=O) groups is 1. The maximum atomic E-state index is 13.4. The number of carbonyl (C=O) groups excluding carboxylic acids is 1. The van der Waals surface area contributed by atoms with E-state index in [-0.39, 0.29) is 12.2 Å². The molecule has 98 valence electrons. The van der Waals surface area contributed by atoms with Gasteiger partial charge in [0.15, 0.2) is 17.4 Å². The first-order valence-corrected chi connectivity index (χ1v) is 5.87. The van der Waals surface area contributed by atoms with E-state index in [2.05, 4.69) is 6.58 Å². The van der Waals surface area contributed by atoms with Gasteiger partial charge >= 0.3 is 0 Å². The molecule has 0 saturated heterocycles. The summed E-state index contributed by atoms with van der Waals surface area (Å²) in [4.78, 5) is 10.4. The van der Waals surface area contributed by atoms with E-state index in [1.54, 1.807) is 0 Å². The van der Waals surface area contributed by atoms with Crippen molar-refractivity contribution >= 4 is 6.29 Å². The third-order valence-corrected chi connectivity index (χ3v) is 2.46. The number of hydrogen-bond acceptors (Lipinski definition) is 2. The Labute approximate surface area is 105 Å². The molecule has 1 aromatic carbocycles. The number of ether oxygens (including phenoxy) is 1. The van der Waals surface area contributed by atoms with Gasteiger partial charge in [-0.25, -0.2) is 8.78 Å². The van der Waals surface area contributed by atoms with Crippen molar-refractivity contribution in [3.63, 3.8) is 0 Å². The number of aldehydes is 1. The standard InChI is InChI=1S/C14H16F2O2/c1-2-3-4-5-6-7-18-14-12(15)8-11(10-17)9-13(14)16/h2,8-10H,1,3-7H2. The zero-order chi connectivity index (χ0) is 13.4. The Morgan fingerprint density at radius 1 is 1.17 bits per heavy atom. The molecule has 0 fully saturated rings. The van der Waals surface area contributed by atoms with Crippen LogP contribution < -0.4 is 4.74 Å². The van der Waals surface area contributed by atoms with Crippen LogP contribution in [0.5, 0.6) is 5.75 Å². The molecule has 0 spiro atoms. The first-order chi connectivity index (χ1) is 8.69. The van der Waals surface area contributed by atoms with Crippen LogP contribution in [0, 0.1) is 11.6 Å². The summed E-state index contributed by atoms with van der Waals surface area (Å²) >= 11 is 0. The van der Waals surface area contributed by atoms with Gasteiger partial charge in [0.25, 0.3) is 0 Å². The summed E-state index contributed by atoms with van der Waals surface area (Å²) in [7, 11) is 0. The molecule has 2 nitrogen and oxygen atoms in total. The molecule has 18 heavy (non-hydrogen) atoms. The molecular formula is C14H16F2O2. The van der Waals surface area contributed by atoms with Gasteiger partial charge in [0, 0.05) is 5.56 Å². The predicted octanol–water partition coefficient (Wildman–Crippen LogP) is 3.90. The molecular weight excluding hydrogens is 238 g/mol. The second-order valence-electron chi connectivity index (χ2n) is 3.92. The summed E-state index contributed by atoms with van der Waals surface area (Å²) in [5, 5.41) is 0. The minimum Gasteiger partial charge on any atom is -0.488 e. The lowest BCUT2D eigenvalue weighted by Gasteiger charge is -2.08. The van der Waals surface area contributed by atoms with E-state index in [0.29, 0.717) is 6.29 Å². The average Bonchev–Trinajstić information content (AvgIpc) is 2.35. The molecule has 0 atom stereocenters. The molecule has 1 rings (SSSR count). The molecule has 1 aromatic rings. The van der Waals surface area contributed by atoms with Gasteiger partial charge in [-0.1, -0.05) is 6.08 Å². The molecule has 4 heteroatoms. The van der Waals surface area contributed by atoms with Gasteiger partial charge in [-0.15, -0.1) is 6.58 Å². The molecule has 0 unspecified atom stereocenters. The number of hydrogen-bond donors (Lipinski definition) is 0. The van der Waals surface area contributed by atoms with Crippen LogP contribution in [0.1, 0.15) is 36.0 Å².